The van der Waals surface area contributed by atoms with E-state index in [-0.39, 0.29) is 17.1 Å². The second-order valence-electron chi connectivity index (χ2n) is 7.36. The van der Waals surface area contributed by atoms with Gasteiger partial charge in [0, 0.05) is 6.20 Å². The molecule has 5 nitrogen and oxygen atoms in total. The van der Waals surface area contributed by atoms with Crippen LogP contribution in [0.15, 0.2) is 18.3 Å². The number of nitrogens with zero attached hydrogens (tertiary/aromatic N) is 1. The molecule has 0 radical (unpaired) electrons. The van der Waals surface area contributed by atoms with Crippen LogP contribution in [0.2, 0.25) is 0 Å². The van der Waals surface area contributed by atoms with Gasteiger partial charge in [-0.05, 0) is 58.1 Å². The summed E-state index contributed by atoms with van der Waals surface area (Å²) >= 11 is 0. The molecule has 2 heterocycles. The van der Waals surface area contributed by atoms with Gasteiger partial charge in [0.15, 0.2) is 0 Å². The first-order valence-corrected chi connectivity index (χ1v) is 7.80. The van der Waals surface area contributed by atoms with Crippen LogP contribution in [-0.4, -0.2) is 29.2 Å². The van der Waals surface area contributed by atoms with E-state index >= 15 is 0 Å². The van der Waals surface area contributed by atoms with E-state index in [0.717, 1.165) is 30.4 Å². The minimum Gasteiger partial charge on any atom is -0.399 e. The molecule has 22 heavy (non-hydrogen) atoms. The molecular weight excluding hydrogens is 279 g/mol. The Balaban J connectivity index is 1.92. The highest BCUT2D eigenvalue weighted by Crippen LogP contribution is 2.42. The van der Waals surface area contributed by atoms with Crippen LogP contribution in [0.25, 0.3) is 0 Å². The molecule has 1 aromatic rings. The van der Waals surface area contributed by atoms with Crippen molar-refractivity contribution in [2.24, 2.45) is 5.73 Å². The van der Waals surface area contributed by atoms with Crippen LogP contribution < -0.4 is 11.2 Å². The SMILES string of the molecule is CC1(C)OB(c2ccnc(C3(C(N)=O)CCC3)c2)OC1(C)C. The van der Waals surface area contributed by atoms with Gasteiger partial charge in [0.2, 0.25) is 5.91 Å². The number of nitrogens with two attached hydrogens (primary N) is 1. The third kappa shape index (κ3) is 2.17. The van der Waals surface area contributed by atoms with Crippen molar-refractivity contribution in [3.8, 4) is 0 Å². The Morgan fingerprint density at radius 3 is 2.27 bits per heavy atom. The summed E-state index contributed by atoms with van der Waals surface area (Å²) in [6.45, 7) is 8.08. The van der Waals surface area contributed by atoms with Gasteiger partial charge >= 0.3 is 7.12 Å². The van der Waals surface area contributed by atoms with Gasteiger partial charge in [-0.15, -0.1) is 0 Å². The first-order valence-electron chi connectivity index (χ1n) is 7.80. The van der Waals surface area contributed by atoms with Gasteiger partial charge in [-0.2, -0.15) is 0 Å². The zero-order valence-electron chi connectivity index (χ0n) is 13.7. The molecular formula is C16H23BN2O3. The minimum absolute atomic E-state index is 0.294. The summed E-state index contributed by atoms with van der Waals surface area (Å²) in [4.78, 5) is 16.2. The van der Waals surface area contributed by atoms with E-state index in [4.69, 9.17) is 15.0 Å². The summed E-state index contributed by atoms with van der Waals surface area (Å²) in [5, 5.41) is 0. The summed E-state index contributed by atoms with van der Waals surface area (Å²) < 4.78 is 12.1. The van der Waals surface area contributed by atoms with E-state index in [1.807, 2.05) is 39.8 Å². The van der Waals surface area contributed by atoms with E-state index in [1.54, 1.807) is 6.20 Å². The number of hydrogen-bond acceptors (Lipinski definition) is 4. The van der Waals surface area contributed by atoms with E-state index in [2.05, 4.69) is 4.98 Å². The number of hydrogen-bond donors (Lipinski definition) is 1. The maximum absolute atomic E-state index is 11.9. The molecule has 2 N–H and O–H groups in total. The predicted octanol–water partition coefficient (Wildman–Crippen LogP) is 1.29. The van der Waals surface area contributed by atoms with Gasteiger partial charge in [0.25, 0.3) is 0 Å². The number of carbonyl (C=O) groups is 1. The van der Waals surface area contributed by atoms with Crippen molar-refractivity contribution in [2.75, 3.05) is 0 Å². The maximum atomic E-state index is 11.9. The Morgan fingerprint density at radius 1 is 1.23 bits per heavy atom. The smallest absolute Gasteiger partial charge is 0.399 e. The number of rotatable bonds is 3. The van der Waals surface area contributed by atoms with Crippen molar-refractivity contribution in [1.82, 2.24) is 4.98 Å². The average molecular weight is 302 g/mol. The van der Waals surface area contributed by atoms with Gasteiger partial charge in [0.05, 0.1) is 22.3 Å². The van der Waals surface area contributed by atoms with Crippen molar-refractivity contribution in [3.05, 3.63) is 24.0 Å². The zero-order chi connectivity index (χ0) is 16.2. The molecule has 3 rings (SSSR count). The second-order valence-corrected chi connectivity index (χ2v) is 7.36. The highest BCUT2D eigenvalue weighted by Gasteiger charge is 2.52. The number of primary amides is 1. The van der Waals surface area contributed by atoms with E-state index in [9.17, 15) is 4.79 Å². The number of amides is 1. The Bertz CT molecular complexity index is 595. The molecule has 118 valence electrons. The van der Waals surface area contributed by atoms with E-state index in [0.29, 0.717) is 0 Å². The highest BCUT2D eigenvalue weighted by atomic mass is 16.7. The van der Waals surface area contributed by atoms with Crippen LogP contribution in [0, 0.1) is 0 Å². The van der Waals surface area contributed by atoms with E-state index < -0.39 is 12.5 Å². The molecule has 2 fully saturated rings. The van der Waals surface area contributed by atoms with Crippen LogP contribution in [-0.2, 0) is 19.5 Å². The van der Waals surface area contributed by atoms with Crippen molar-refractivity contribution < 1.29 is 14.1 Å². The van der Waals surface area contributed by atoms with Crippen LogP contribution in [0.4, 0.5) is 0 Å². The fourth-order valence-electron chi connectivity index (χ4n) is 2.99. The lowest BCUT2D eigenvalue weighted by atomic mass is 9.64. The molecule has 1 saturated carbocycles. The van der Waals surface area contributed by atoms with Crippen LogP contribution >= 0.6 is 0 Å². The number of aromatic nitrogens is 1. The van der Waals surface area contributed by atoms with Crippen molar-refractivity contribution in [2.45, 2.75) is 63.6 Å². The fourth-order valence-corrected chi connectivity index (χ4v) is 2.99. The summed E-state index contributed by atoms with van der Waals surface area (Å²) in [6, 6.07) is 3.78. The molecule has 0 bridgehead atoms. The molecule has 2 aliphatic rings. The van der Waals surface area contributed by atoms with Gasteiger partial charge < -0.3 is 15.0 Å². The van der Waals surface area contributed by atoms with Gasteiger partial charge in [-0.25, -0.2) is 0 Å². The fraction of sp³-hybridized carbons (Fsp3) is 0.625. The van der Waals surface area contributed by atoms with Gasteiger partial charge in [-0.1, -0.05) is 6.42 Å². The molecule has 0 aromatic carbocycles. The Morgan fingerprint density at radius 2 is 1.82 bits per heavy atom. The Labute approximate surface area is 131 Å². The van der Waals surface area contributed by atoms with Crippen LogP contribution in [0.1, 0.15) is 52.7 Å². The molecule has 0 spiro atoms. The summed E-state index contributed by atoms with van der Waals surface area (Å²) in [6.07, 6.45) is 4.24. The molecule has 1 saturated heterocycles. The van der Waals surface area contributed by atoms with Crippen molar-refractivity contribution in [1.29, 1.82) is 0 Å². The quantitative estimate of drug-likeness (QED) is 0.854. The third-order valence-electron chi connectivity index (χ3n) is 5.48. The molecule has 0 unspecified atom stereocenters. The lowest BCUT2D eigenvalue weighted by Crippen LogP contribution is -2.48. The minimum atomic E-state index is -0.611. The first-order chi connectivity index (χ1) is 10.2. The van der Waals surface area contributed by atoms with E-state index in [1.165, 1.54) is 0 Å². The number of pyridine rings is 1. The molecule has 1 aliphatic carbocycles. The number of carbonyl (C=O) groups excluding carboxylic acids is 1. The molecule has 1 amide bonds. The van der Waals surface area contributed by atoms with Crippen LogP contribution in [0.5, 0.6) is 0 Å². The highest BCUT2D eigenvalue weighted by molar-refractivity contribution is 6.62. The summed E-state index contributed by atoms with van der Waals surface area (Å²) in [5.41, 5.74) is 5.84. The standard InChI is InChI=1S/C16H23BN2O3/c1-14(2)15(3,4)22-17(21-14)11-6-9-19-12(10-11)16(13(18)20)7-5-8-16/h6,9-10H,5,7-8H2,1-4H3,(H2,18,20). The normalized spacial score (nSPS) is 24.8. The molecule has 1 aliphatic heterocycles. The largest absolute Gasteiger partial charge is 0.494 e. The lowest BCUT2D eigenvalue weighted by Gasteiger charge is -2.38. The molecule has 1 aromatic heterocycles. The summed E-state index contributed by atoms with van der Waals surface area (Å²) in [5.74, 6) is -0.294. The monoisotopic (exact) mass is 302 g/mol. The van der Waals surface area contributed by atoms with Gasteiger partial charge in [-0.3, -0.25) is 9.78 Å². The van der Waals surface area contributed by atoms with Crippen LogP contribution in [0.3, 0.4) is 0 Å². The van der Waals surface area contributed by atoms with Gasteiger partial charge in [0.1, 0.15) is 0 Å². The van der Waals surface area contributed by atoms with Crippen molar-refractivity contribution in [3.63, 3.8) is 0 Å². The summed E-state index contributed by atoms with van der Waals surface area (Å²) in [7, 11) is -0.447. The predicted molar refractivity (Wildman–Crippen MR) is 84.7 cm³/mol. The second kappa shape index (κ2) is 4.80. The Hall–Kier alpha value is -1.40. The topological polar surface area (TPSA) is 74.4 Å². The third-order valence-corrected chi connectivity index (χ3v) is 5.48. The zero-order valence-corrected chi connectivity index (χ0v) is 13.7. The van der Waals surface area contributed by atoms with Crippen molar-refractivity contribution >= 4 is 18.5 Å². The Kier molecular flexibility index (Phi) is 3.38. The first kappa shape index (κ1) is 15.5. The molecule has 0 atom stereocenters. The maximum Gasteiger partial charge on any atom is 0.494 e. The lowest BCUT2D eigenvalue weighted by molar-refractivity contribution is -0.126. The molecule has 6 heteroatoms. The average Bonchev–Trinajstić information content (AvgIpc) is 2.57.